The standard InChI is InChI=1S/C15H20Cl2N2/c1-3-4-5-7-11(2)19-14(10-16)18-13-9-6-8-12(17)15(13)19/h6,8-9,11H,3-5,7,10H2,1-2H3. The summed E-state index contributed by atoms with van der Waals surface area (Å²) in [6.45, 7) is 4.44. The molecule has 0 spiro atoms. The second-order valence-corrected chi connectivity index (χ2v) is 5.66. The van der Waals surface area contributed by atoms with Gasteiger partial charge in [-0.3, -0.25) is 0 Å². The summed E-state index contributed by atoms with van der Waals surface area (Å²) in [6, 6.07) is 6.22. The summed E-state index contributed by atoms with van der Waals surface area (Å²) in [5.74, 6) is 1.33. The Bertz CT molecular complexity index is 548. The fourth-order valence-corrected chi connectivity index (χ4v) is 2.99. The highest BCUT2D eigenvalue weighted by atomic mass is 35.5. The van der Waals surface area contributed by atoms with Crippen molar-refractivity contribution in [3.8, 4) is 0 Å². The maximum atomic E-state index is 6.33. The maximum Gasteiger partial charge on any atom is 0.125 e. The molecule has 1 atom stereocenters. The van der Waals surface area contributed by atoms with Gasteiger partial charge in [0.15, 0.2) is 0 Å². The Balaban J connectivity index is 2.39. The highest BCUT2D eigenvalue weighted by Gasteiger charge is 2.16. The summed E-state index contributed by atoms with van der Waals surface area (Å²) in [5, 5.41) is 0.753. The van der Waals surface area contributed by atoms with Gasteiger partial charge in [0.2, 0.25) is 0 Å². The summed E-state index contributed by atoms with van der Waals surface area (Å²) in [5.41, 5.74) is 1.95. The van der Waals surface area contributed by atoms with Crippen LogP contribution < -0.4 is 0 Å². The van der Waals surface area contributed by atoms with Gasteiger partial charge in [-0.2, -0.15) is 0 Å². The molecular formula is C15H20Cl2N2. The van der Waals surface area contributed by atoms with Gasteiger partial charge in [0, 0.05) is 6.04 Å². The molecule has 2 aromatic rings. The van der Waals surface area contributed by atoms with Crippen LogP contribution in [0.2, 0.25) is 5.02 Å². The van der Waals surface area contributed by atoms with E-state index in [1.165, 1.54) is 19.3 Å². The Morgan fingerprint density at radius 3 is 2.79 bits per heavy atom. The lowest BCUT2D eigenvalue weighted by molar-refractivity contribution is 0.477. The van der Waals surface area contributed by atoms with Crippen molar-refractivity contribution in [3.05, 3.63) is 29.0 Å². The number of fused-ring (bicyclic) bond motifs is 1. The lowest BCUT2D eigenvalue weighted by atomic mass is 10.1. The minimum Gasteiger partial charge on any atom is -0.323 e. The van der Waals surface area contributed by atoms with Crippen molar-refractivity contribution in [1.29, 1.82) is 0 Å². The summed E-state index contributed by atoms with van der Waals surface area (Å²) in [7, 11) is 0. The zero-order valence-corrected chi connectivity index (χ0v) is 13.0. The van der Waals surface area contributed by atoms with E-state index in [9.17, 15) is 0 Å². The van der Waals surface area contributed by atoms with Crippen LogP contribution >= 0.6 is 23.2 Å². The van der Waals surface area contributed by atoms with E-state index in [0.29, 0.717) is 11.9 Å². The molecule has 0 radical (unpaired) electrons. The van der Waals surface area contributed by atoms with Gasteiger partial charge in [-0.15, -0.1) is 11.6 Å². The monoisotopic (exact) mass is 298 g/mol. The lowest BCUT2D eigenvalue weighted by Gasteiger charge is -2.17. The molecule has 1 unspecified atom stereocenters. The van der Waals surface area contributed by atoms with E-state index in [1.54, 1.807) is 0 Å². The van der Waals surface area contributed by atoms with Crippen LogP contribution in [0.3, 0.4) is 0 Å². The minimum atomic E-state index is 0.380. The third-order valence-electron chi connectivity index (χ3n) is 3.52. The van der Waals surface area contributed by atoms with E-state index >= 15 is 0 Å². The number of alkyl halides is 1. The van der Waals surface area contributed by atoms with Crippen molar-refractivity contribution in [2.75, 3.05) is 0 Å². The Hall–Kier alpha value is -0.730. The van der Waals surface area contributed by atoms with E-state index in [0.717, 1.165) is 28.3 Å². The number of benzene rings is 1. The quantitative estimate of drug-likeness (QED) is 0.503. The van der Waals surface area contributed by atoms with Crippen LogP contribution in [-0.2, 0) is 5.88 Å². The first kappa shape index (κ1) is 14.7. The predicted molar refractivity (Wildman–Crippen MR) is 83.2 cm³/mol. The number of unbranched alkanes of at least 4 members (excludes halogenated alkanes) is 2. The second kappa shape index (κ2) is 6.62. The molecule has 0 N–H and O–H groups in total. The Kier molecular flexibility index (Phi) is 5.12. The zero-order valence-electron chi connectivity index (χ0n) is 11.5. The van der Waals surface area contributed by atoms with E-state index in [4.69, 9.17) is 23.2 Å². The molecule has 0 aliphatic heterocycles. The van der Waals surface area contributed by atoms with Crippen molar-refractivity contribution >= 4 is 34.2 Å². The summed E-state index contributed by atoms with van der Waals surface area (Å²) in [6.07, 6.45) is 4.86. The highest BCUT2D eigenvalue weighted by molar-refractivity contribution is 6.35. The van der Waals surface area contributed by atoms with Gasteiger partial charge in [0.1, 0.15) is 5.82 Å². The molecule has 19 heavy (non-hydrogen) atoms. The van der Waals surface area contributed by atoms with Crippen LogP contribution in [0.1, 0.15) is 51.4 Å². The topological polar surface area (TPSA) is 17.8 Å². The van der Waals surface area contributed by atoms with Crippen molar-refractivity contribution in [1.82, 2.24) is 9.55 Å². The second-order valence-electron chi connectivity index (χ2n) is 4.98. The van der Waals surface area contributed by atoms with Crippen LogP contribution in [0, 0.1) is 0 Å². The summed E-state index contributed by atoms with van der Waals surface area (Å²) < 4.78 is 2.21. The fourth-order valence-electron chi connectivity index (χ4n) is 2.54. The van der Waals surface area contributed by atoms with Crippen LogP contribution in [0.25, 0.3) is 11.0 Å². The van der Waals surface area contributed by atoms with E-state index < -0.39 is 0 Å². The molecule has 0 amide bonds. The molecule has 2 nitrogen and oxygen atoms in total. The average molecular weight is 299 g/mol. The molecule has 1 heterocycles. The lowest BCUT2D eigenvalue weighted by Crippen LogP contribution is -2.08. The van der Waals surface area contributed by atoms with Gasteiger partial charge in [0.25, 0.3) is 0 Å². The largest absolute Gasteiger partial charge is 0.323 e. The molecule has 4 heteroatoms. The Morgan fingerprint density at radius 2 is 2.11 bits per heavy atom. The van der Waals surface area contributed by atoms with Crippen molar-refractivity contribution in [2.45, 2.75) is 51.5 Å². The molecule has 0 fully saturated rings. The van der Waals surface area contributed by atoms with Crippen LogP contribution in [0.4, 0.5) is 0 Å². The van der Waals surface area contributed by atoms with Gasteiger partial charge in [-0.1, -0.05) is 43.9 Å². The molecule has 0 aliphatic carbocycles. The molecule has 2 rings (SSSR count). The number of rotatable bonds is 6. The average Bonchev–Trinajstić information content (AvgIpc) is 2.79. The molecule has 0 saturated carbocycles. The predicted octanol–water partition coefficient (Wildman–Crippen LogP) is 5.57. The molecular weight excluding hydrogens is 279 g/mol. The zero-order chi connectivity index (χ0) is 13.8. The number of hydrogen-bond donors (Lipinski definition) is 0. The van der Waals surface area contributed by atoms with Gasteiger partial charge in [0.05, 0.1) is 21.9 Å². The van der Waals surface area contributed by atoms with E-state index in [1.807, 2.05) is 18.2 Å². The summed E-state index contributed by atoms with van der Waals surface area (Å²) in [4.78, 5) is 4.59. The summed E-state index contributed by atoms with van der Waals surface area (Å²) >= 11 is 12.4. The molecule has 1 aromatic carbocycles. The highest BCUT2D eigenvalue weighted by Crippen LogP contribution is 2.30. The Morgan fingerprint density at radius 1 is 1.32 bits per heavy atom. The van der Waals surface area contributed by atoms with Gasteiger partial charge < -0.3 is 4.57 Å². The SMILES string of the molecule is CCCCCC(C)n1c(CCl)nc2cccc(Cl)c21. The number of nitrogens with zero attached hydrogens (tertiary/aromatic N) is 2. The van der Waals surface area contributed by atoms with E-state index in [2.05, 4.69) is 23.4 Å². The number of hydrogen-bond acceptors (Lipinski definition) is 1. The van der Waals surface area contributed by atoms with Crippen molar-refractivity contribution in [2.24, 2.45) is 0 Å². The molecule has 0 saturated heterocycles. The van der Waals surface area contributed by atoms with Crippen LogP contribution in [-0.4, -0.2) is 9.55 Å². The minimum absolute atomic E-state index is 0.380. The molecule has 1 aromatic heterocycles. The van der Waals surface area contributed by atoms with Crippen molar-refractivity contribution < 1.29 is 0 Å². The molecule has 0 bridgehead atoms. The molecule has 0 aliphatic rings. The van der Waals surface area contributed by atoms with Gasteiger partial charge >= 0.3 is 0 Å². The fraction of sp³-hybridized carbons (Fsp3) is 0.533. The van der Waals surface area contributed by atoms with Crippen molar-refractivity contribution in [3.63, 3.8) is 0 Å². The third kappa shape index (κ3) is 3.06. The maximum absolute atomic E-state index is 6.33. The van der Waals surface area contributed by atoms with Crippen LogP contribution in [0.5, 0.6) is 0 Å². The number of imidazole rings is 1. The number of aromatic nitrogens is 2. The Labute approximate surface area is 124 Å². The first-order valence-electron chi connectivity index (χ1n) is 6.90. The van der Waals surface area contributed by atoms with Gasteiger partial charge in [-0.05, 0) is 25.5 Å². The van der Waals surface area contributed by atoms with Crippen LogP contribution in [0.15, 0.2) is 18.2 Å². The van der Waals surface area contributed by atoms with E-state index in [-0.39, 0.29) is 0 Å². The number of para-hydroxylation sites is 1. The first-order chi connectivity index (χ1) is 9.19. The van der Waals surface area contributed by atoms with Gasteiger partial charge in [-0.25, -0.2) is 4.98 Å². The number of halogens is 2. The molecule has 104 valence electrons. The smallest absolute Gasteiger partial charge is 0.125 e. The normalized spacial score (nSPS) is 13.1. The third-order valence-corrected chi connectivity index (χ3v) is 4.06. The first-order valence-corrected chi connectivity index (χ1v) is 7.81.